The lowest BCUT2D eigenvalue weighted by atomic mass is 9.78. The Morgan fingerprint density at radius 3 is 2.71 bits per heavy atom. The van der Waals surface area contributed by atoms with Crippen molar-refractivity contribution in [3.05, 3.63) is 76.8 Å². The molecule has 2 aliphatic heterocycles. The number of carbonyl (C=O) groups is 1. The van der Waals surface area contributed by atoms with E-state index >= 15 is 0 Å². The van der Waals surface area contributed by atoms with Crippen molar-refractivity contribution in [3.8, 4) is 22.6 Å². The number of benzene rings is 3. The Balaban J connectivity index is 1.51. The summed E-state index contributed by atoms with van der Waals surface area (Å²) in [6.45, 7) is 2.22. The quantitative estimate of drug-likeness (QED) is 0.668. The predicted molar refractivity (Wildman–Crippen MR) is 109 cm³/mol. The van der Waals surface area contributed by atoms with Crippen molar-refractivity contribution in [3.63, 3.8) is 0 Å². The van der Waals surface area contributed by atoms with E-state index in [2.05, 4.69) is 5.32 Å². The van der Waals surface area contributed by atoms with Crippen LogP contribution in [0.5, 0.6) is 11.5 Å². The molecule has 0 bridgehead atoms. The zero-order valence-corrected chi connectivity index (χ0v) is 16.0. The molecule has 0 aliphatic carbocycles. The molecule has 0 radical (unpaired) electrons. The maximum Gasteiger partial charge on any atom is 0.235 e. The van der Waals surface area contributed by atoms with Crippen molar-refractivity contribution in [2.24, 2.45) is 0 Å². The lowest BCUT2D eigenvalue weighted by Gasteiger charge is -2.22. The maximum atomic E-state index is 12.9. The number of anilines is 1. The molecular weight excluding hydrogens is 374 g/mol. The van der Waals surface area contributed by atoms with E-state index in [4.69, 9.17) is 21.1 Å². The fraction of sp³-hybridized carbons (Fsp3) is 0.174. The fourth-order valence-electron chi connectivity index (χ4n) is 4.01. The molecule has 0 saturated heterocycles. The zero-order valence-electron chi connectivity index (χ0n) is 15.3. The lowest BCUT2D eigenvalue weighted by molar-refractivity contribution is -0.120. The number of amides is 1. The number of hydrogen-bond donors (Lipinski definition) is 1. The monoisotopic (exact) mass is 391 g/mol. The minimum absolute atomic E-state index is 0.00326. The Labute approximate surface area is 168 Å². The Bertz CT molecular complexity index is 1110. The summed E-state index contributed by atoms with van der Waals surface area (Å²) in [6, 6.07) is 19.6. The number of hydrogen-bond acceptors (Lipinski definition) is 3. The van der Waals surface area contributed by atoms with Gasteiger partial charge < -0.3 is 14.8 Å². The van der Waals surface area contributed by atoms with Crippen molar-refractivity contribution in [2.45, 2.75) is 18.8 Å². The Kier molecular flexibility index (Phi) is 3.84. The van der Waals surface area contributed by atoms with Gasteiger partial charge in [-0.25, -0.2) is 0 Å². The molecule has 140 valence electrons. The van der Waals surface area contributed by atoms with Crippen molar-refractivity contribution in [1.29, 1.82) is 0 Å². The molecule has 0 aromatic heterocycles. The molecule has 4 nitrogen and oxygen atoms in total. The number of ether oxygens (including phenoxy) is 2. The molecule has 3 aromatic rings. The maximum absolute atomic E-state index is 12.9. The second-order valence-electron chi connectivity index (χ2n) is 7.39. The summed E-state index contributed by atoms with van der Waals surface area (Å²) in [4.78, 5) is 12.9. The summed E-state index contributed by atoms with van der Waals surface area (Å²) in [5, 5.41) is 3.74. The van der Waals surface area contributed by atoms with Gasteiger partial charge >= 0.3 is 0 Å². The molecule has 1 N–H and O–H groups in total. The van der Waals surface area contributed by atoms with Crippen molar-refractivity contribution in [2.75, 3.05) is 12.1 Å². The van der Waals surface area contributed by atoms with Gasteiger partial charge in [0.1, 0.15) is 0 Å². The molecule has 5 heteroatoms. The summed E-state index contributed by atoms with van der Waals surface area (Å²) in [5.74, 6) is 1.47. The van der Waals surface area contributed by atoms with Gasteiger partial charge in [0.25, 0.3) is 0 Å². The highest BCUT2D eigenvalue weighted by Gasteiger charge is 2.42. The average Bonchev–Trinajstić information content (AvgIpc) is 3.24. The van der Waals surface area contributed by atoms with Gasteiger partial charge in [-0.1, -0.05) is 48.0 Å². The first-order valence-electron chi connectivity index (χ1n) is 9.14. The van der Waals surface area contributed by atoms with Crippen LogP contribution in [0.25, 0.3) is 11.1 Å². The number of fused-ring (bicyclic) bond motifs is 2. The predicted octanol–water partition coefficient (Wildman–Crippen LogP) is 5.19. The summed E-state index contributed by atoms with van der Waals surface area (Å²) >= 11 is 6.34. The molecule has 1 unspecified atom stereocenters. The van der Waals surface area contributed by atoms with E-state index < -0.39 is 5.41 Å². The van der Waals surface area contributed by atoms with Crippen LogP contribution in [0.1, 0.15) is 18.1 Å². The van der Waals surface area contributed by atoms with Gasteiger partial charge in [0.2, 0.25) is 12.7 Å². The van der Waals surface area contributed by atoms with Crippen LogP contribution >= 0.6 is 11.6 Å². The first kappa shape index (κ1) is 17.1. The molecule has 3 aromatic carbocycles. The second-order valence-corrected chi connectivity index (χ2v) is 7.80. The molecule has 5 rings (SSSR count). The number of carbonyl (C=O) groups excluding carboxylic acids is 1. The fourth-order valence-corrected chi connectivity index (χ4v) is 4.25. The minimum Gasteiger partial charge on any atom is -0.454 e. The molecule has 2 heterocycles. The summed E-state index contributed by atoms with van der Waals surface area (Å²) in [7, 11) is 0. The van der Waals surface area contributed by atoms with Crippen LogP contribution < -0.4 is 14.8 Å². The third-order valence-corrected chi connectivity index (χ3v) is 5.87. The smallest absolute Gasteiger partial charge is 0.235 e. The van der Waals surface area contributed by atoms with E-state index in [1.807, 2.05) is 67.6 Å². The number of nitrogens with one attached hydrogen (secondary N) is 1. The molecule has 2 aliphatic rings. The highest BCUT2D eigenvalue weighted by Crippen LogP contribution is 2.43. The minimum atomic E-state index is -0.651. The van der Waals surface area contributed by atoms with Crippen LogP contribution in [0.3, 0.4) is 0 Å². The topological polar surface area (TPSA) is 47.6 Å². The molecule has 1 atom stereocenters. The van der Waals surface area contributed by atoms with E-state index in [0.717, 1.165) is 39.4 Å². The number of rotatable bonds is 3. The van der Waals surface area contributed by atoms with Crippen LogP contribution in [0, 0.1) is 0 Å². The molecular formula is C23H18ClNO3. The Hall–Kier alpha value is -2.98. The van der Waals surface area contributed by atoms with E-state index in [-0.39, 0.29) is 12.7 Å². The van der Waals surface area contributed by atoms with Crippen LogP contribution in [0.4, 0.5) is 5.69 Å². The van der Waals surface area contributed by atoms with Gasteiger partial charge in [-0.15, -0.1) is 0 Å². The van der Waals surface area contributed by atoms with Gasteiger partial charge in [-0.2, -0.15) is 0 Å². The van der Waals surface area contributed by atoms with Crippen molar-refractivity contribution >= 4 is 23.2 Å². The normalized spacial score (nSPS) is 19.4. The SMILES string of the molecule is CC1(Cc2ccc3c(c2)OCO3)C(=O)Nc2cc(-c3ccccc3Cl)ccc21. The molecule has 0 spiro atoms. The summed E-state index contributed by atoms with van der Waals surface area (Å²) in [6.07, 6.45) is 0.577. The van der Waals surface area contributed by atoms with E-state index in [0.29, 0.717) is 11.4 Å². The molecule has 1 amide bonds. The first-order valence-corrected chi connectivity index (χ1v) is 9.52. The third-order valence-electron chi connectivity index (χ3n) is 5.54. The first-order chi connectivity index (χ1) is 13.5. The van der Waals surface area contributed by atoms with Gasteiger partial charge in [0.15, 0.2) is 11.5 Å². The lowest BCUT2D eigenvalue weighted by Crippen LogP contribution is -2.33. The van der Waals surface area contributed by atoms with Gasteiger partial charge in [0, 0.05) is 16.3 Å². The van der Waals surface area contributed by atoms with Crippen LogP contribution in [0.2, 0.25) is 5.02 Å². The number of halogens is 1. The molecule has 28 heavy (non-hydrogen) atoms. The van der Waals surface area contributed by atoms with Gasteiger partial charge in [-0.05, 0) is 54.3 Å². The average molecular weight is 392 g/mol. The van der Waals surface area contributed by atoms with Crippen molar-refractivity contribution < 1.29 is 14.3 Å². The summed E-state index contributed by atoms with van der Waals surface area (Å²) in [5.41, 5.74) is 4.14. The van der Waals surface area contributed by atoms with Crippen LogP contribution in [0.15, 0.2) is 60.7 Å². The largest absolute Gasteiger partial charge is 0.454 e. The van der Waals surface area contributed by atoms with Crippen molar-refractivity contribution in [1.82, 2.24) is 0 Å². The van der Waals surface area contributed by atoms with Gasteiger partial charge in [0.05, 0.1) is 5.41 Å². The third kappa shape index (κ3) is 2.64. The highest BCUT2D eigenvalue weighted by molar-refractivity contribution is 6.33. The van der Waals surface area contributed by atoms with Gasteiger partial charge in [-0.3, -0.25) is 4.79 Å². The zero-order chi connectivity index (χ0) is 19.3. The molecule has 0 fully saturated rings. The highest BCUT2D eigenvalue weighted by atomic mass is 35.5. The van der Waals surface area contributed by atoms with E-state index in [9.17, 15) is 4.79 Å². The van der Waals surface area contributed by atoms with Crippen LogP contribution in [-0.2, 0) is 16.6 Å². The Morgan fingerprint density at radius 2 is 1.86 bits per heavy atom. The van der Waals surface area contributed by atoms with E-state index in [1.54, 1.807) is 0 Å². The summed E-state index contributed by atoms with van der Waals surface area (Å²) < 4.78 is 10.9. The van der Waals surface area contributed by atoms with E-state index in [1.165, 1.54) is 0 Å². The standard InChI is InChI=1S/C23H18ClNO3/c1-23(12-14-6-9-20-21(10-14)28-13-27-20)17-8-7-15(11-19(17)25-22(23)26)16-4-2-3-5-18(16)24/h2-11H,12-13H2,1H3,(H,25,26). The second kappa shape index (κ2) is 6.28. The van der Waals surface area contributed by atoms with Crippen LogP contribution in [-0.4, -0.2) is 12.7 Å². The Morgan fingerprint density at radius 1 is 1.04 bits per heavy atom. The molecule has 0 saturated carbocycles.